The molecular weight excluding hydrogens is 238 g/mol. The van der Waals surface area contributed by atoms with E-state index in [0.29, 0.717) is 18.0 Å². The van der Waals surface area contributed by atoms with Crippen LogP contribution in [0.2, 0.25) is 0 Å². The molecule has 0 fully saturated rings. The second kappa shape index (κ2) is 6.41. The van der Waals surface area contributed by atoms with E-state index < -0.39 is 0 Å². The molecule has 1 aromatic carbocycles. The van der Waals surface area contributed by atoms with E-state index in [4.69, 9.17) is 10.00 Å². The molecule has 0 aliphatic carbocycles. The molecule has 1 atom stereocenters. The Balaban J connectivity index is 1.91. The number of hydrogen-bond acceptors (Lipinski definition) is 4. The van der Waals surface area contributed by atoms with Gasteiger partial charge < -0.3 is 10.1 Å². The fraction of sp³-hybridized carbons (Fsp3) is 0.200. The van der Waals surface area contributed by atoms with Gasteiger partial charge >= 0.3 is 0 Å². The first-order valence-corrected chi connectivity index (χ1v) is 6.09. The number of benzene rings is 1. The van der Waals surface area contributed by atoms with Gasteiger partial charge in [0.2, 0.25) is 0 Å². The zero-order valence-corrected chi connectivity index (χ0v) is 10.7. The van der Waals surface area contributed by atoms with Crippen molar-refractivity contribution in [1.82, 2.24) is 4.98 Å². The molecule has 0 saturated heterocycles. The highest BCUT2D eigenvalue weighted by atomic mass is 16.5. The minimum Gasteiger partial charge on any atom is -0.491 e. The molecule has 4 nitrogen and oxygen atoms in total. The number of pyridine rings is 1. The van der Waals surface area contributed by atoms with Crippen LogP contribution in [0.25, 0.3) is 0 Å². The van der Waals surface area contributed by atoms with E-state index in [1.165, 1.54) is 0 Å². The van der Waals surface area contributed by atoms with Crippen LogP contribution < -0.4 is 10.1 Å². The number of rotatable bonds is 5. The van der Waals surface area contributed by atoms with Crippen molar-refractivity contribution in [3.8, 4) is 11.8 Å². The molecular formula is C15H15N3O. The first kappa shape index (κ1) is 12.9. The molecule has 2 rings (SSSR count). The summed E-state index contributed by atoms with van der Waals surface area (Å²) in [6, 6.07) is 15.3. The maximum absolute atomic E-state index is 8.98. The molecule has 1 heterocycles. The minimum absolute atomic E-state index is 0.0576. The Bertz CT molecular complexity index is 563. The Morgan fingerprint density at radius 2 is 2.05 bits per heavy atom. The molecule has 0 saturated carbocycles. The van der Waals surface area contributed by atoms with Crippen molar-refractivity contribution in [2.45, 2.75) is 13.0 Å². The molecule has 0 unspecified atom stereocenters. The van der Waals surface area contributed by atoms with E-state index in [2.05, 4.69) is 16.4 Å². The predicted molar refractivity (Wildman–Crippen MR) is 74.0 cm³/mol. The van der Waals surface area contributed by atoms with Crippen LogP contribution in [0.1, 0.15) is 12.5 Å². The third-order valence-electron chi connectivity index (χ3n) is 2.55. The quantitative estimate of drug-likeness (QED) is 0.890. The van der Waals surface area contributed by atoms with Crippen molar-refractivity contribution in [2.75, 3.05) is 11.9 Å². The van der Waals surface area contributed by atoms with E-state index in [9.17, 15) is 0 Å². The highest BCUT2D eigenvalue weighted by Crippen LogP contribution is 2.12. The molecule has 0 amide bonds. The monoisotopic (exact) mass is 253 g/mol. The summed E-state index contributed by atoms with van der Waals surface area (Å²) in [5.41, 5.74) is 0.536. The highest BCUT2D eigenvalue weighted by molar-refractivity contribution is 5.51. The van der Waals surface area contributed by atoms with Crippen molar-refractivity contribution < 1.29 is 4.74 Å². The molecule has 0 aliphatic heterocycles. The highest BCUT2D eigenvalue weighted by Gasteiger charge is 2.07. The minimum atomic E-state index is 0.0576. The van der Waals surface area contributed by atoms with Crippen LogP contribution in [0, 0.1) is 11.3 Å². The van der Waals surface area contributed by atoms with Gasteiger partial charge in [0.15, 0.2) is 0 Å². The summed E-state index contributed by atoms with van der Waals surface area (Å²) in [5.74, 6) is 1.42. The molecule has 0 aliphatic rings. The molecule has 2 aromatic rings. The summed E-state index contributed by atoms with van der Waals surface area (Å²) < 4.78 is 5.64. The fourth-order valence-corrected chi connectivity index (χ4v) is 1.62. The maximum Gasteiger partial charge on any atom is 0.144 e. The Kier molecular flexibility index (Phi) is 4.35. The van der Waals surface area contributed by atoms with Gasteiger partial charge in [-0.3, -0.25) is 0 Å². The molecule has 1 aromatic heterocycles. The van der Waals surface area contributed by atoms with E-state index in [0.717, 1.165) is 5.75 Å². The van der Waals surface area contributed by atoms with Gasteiger partial charge in [0, 0.05) is 6.20 Å². The second-order valence-corrected chi connectivity index (χ2v) is 4.18. The molecule has 0 bridgehead atoms. The van der Waals surface area contributed by atoms with Crippen molar-refractivity contribution in [2.24, 2.45) is 0 Å². The Morgan fingerprint density at radius 3 is 2.79 bits per heavy atom. The smallest absolute Gasteiger partial charge is 0.144 e. The van der Waals surface area contributed by atoms with E-state index in [1.807, 2.05) is 37.3 Å². The standard InChI is InChI=1S/C15H15N3O/c1-12(11-19-14-7-3-2-4-8-14)18-15-13(10-16)6-5-9-17-15/h2-9,12H,11H2,1H3,(H,17,18)/t12-/m0/s1. The molecule has 0 radical (unpaired) electrons. The van der Waals surface area contributed by atoms with Gasteiger partial charge in [0.05, 0.1) is 11.6 Å². The summed E-state index contributed by atoms with van der Waals surface area (Å²) in [5, 5.41) is 12.2. The molecule has 0 spiro atoms. The number of nitrogens with zero attached hydrogens (tertiary/aromatic N) is 2. The maximum atomic E-state index is 8.98. The lowest BCUT2D eigenvalue weighted by molar-refractivity contribution is 0.303. The number of para-hydroxylation sites is 1. The van der Waals surface area contributed by atoms with Crippen molar-refractivity contribution in [1.29, 1.82) is 5.26 Å². The van der Waals surface area contributed by atoms with Crippen molar-refractivity contribution in [3.63, 3.8) is 0 Å². The molecule has 1 N–H and O–H groups in total. The molecule has 19 heavy (non-hydrogen) atoms. The summed E-state index contributed by atoms with van der Waals surface area (Å²) >= 11 is 0. The predicted octanol–water partition coefficient (Wildman–Crippen LogP) is 2.83. The van der Waals surface area contributed by atoms with Crippen LogP contribution in [0.5, 0.6) is 5.75 Å². The number of hydrogen-bond donors (Lipinski definition) is 1. The zero-order chi connectivity index (χ0) is 13.5. The summed E-state index contributed by atoms with van der Waals surface area (Å²) in [6.07, 6.45) is 1.66. The number of nitriles is 1. The third-order valence-corrected chi connectivity index (χ3v) is 2.55. The van der Waals surface area contributed by atoms with Gasteiger partial charge in [-0.2, -0.15) is 5.26 Å². The van der Waals surface area contributed by atoms with Gasteiger partial charge in [-0.15, -0.1) is 0 Å². The van der Waals surface area contributed by atoms with Gasteiger partial charge in [0.25, 0.3) is 0 Å². The van der Waals surface area contributed by atoms with E-state index in [-0.39, 0.29) is 6.04 Å². The lowest BCUT2D eigenvalue weighted by atomic mass is 10.2. The Hall–Kier alpha value is -2.54. The van der Waals surface area contributed by atoms with Gasteiger partial charge in [-0.25, -0.2) is 4.98 Å². The number of anilines is 1. The van der Waals surface area contributed by atoms with Crippen LogP contribution in [-0.2, 0) is 0 Å². The van der Waals surface area contributed by atoms with Crippen LogP contribution in [0.15, 0.2) is 48.7 Å². The zero-order valence-electron chi connectivity index (χ0n) is 10.7. The average molecular weight is 253 g/mol. The van der Waals surface area contributed by atoms with Crippen LogP contribution >= 0.6 is 0 Å². The van der Waals surface area contributed by atoms with E-state index >= 15 is 0 Å². The van der Waals surface area contributed by atoms with Crippen molar-refractivity contribution in [3.05, 3.63) is 54.2 Å². The second-order valence-electron chi connectivity index (χ2n) is 4.18. The average Bonchev–Trinajstić information content (AvgIpc) is 2.47. The van der Waals surface area contributed by atoms with Crippen molar-refractivity contribution >= 4 is 5.82 Å². The van der Waals surface area contributed by atoms with Crippen LogP contribution in [0.3, 0.4) is 0 Å². The van der Waals surface area contributed by atoms with Gasteiger partial charge in [-0.05, 0) is 31.2 Å². The SMILES string of the molecule is C[C@@H](COc1ccccc1)Nc1ncccc1C#N. The molecule has 4 heteroatoms. The number of nitrogens with one attached hydrogen (secondary N) is 1. The first-order valence-electron chi connectivity index (χ1n) is 6.09. The van der Waals surface area contributed by atoms with Gasteiger partial charge in [0.1, 0.15) is 24.2 Å². The molecule has 96 valence electrons. The summed E-state index contributed by atoms with van der Waals surface area (Å²) in [7, 11) is 0. The number of aromatic nitrogens is 1. The summed E-state index contributed by atoms with van der Waals surface area (Å²) in [6.45, 7) is 2.49. The first-order chi connectivity index (χ1) is 9.29. The lowest BCUT2D eigenvalue weighted by Gasteiger charge is -2.16. The third kappa shape index (κ3) is 3.71. The van der Waals surface area contributed by atoms with Crippen LogP contribution in [0.4, 0.5) is 5.82 Å². The summed E-state index contributed by atoms with van der Waals surface area (Å²) in [4.78, 5) is 4.16. The van der Waals surface area contributed by atoms with E-state index in [1.54, 1.807) is 18.3 Å². The Labute approximate surface area is 112 Å². The fourth-order valence-electron chi connectivity index (χ4n) is 1.62. The Morgan fingerprint density at radius 1 is 1.26 bits per heavy atom. The van der Waals surface area contributed by atoms with Crippen LogP contribution in [-0.4, -0.2) is 17.6 Å². The van der Waals surface area contributed by atoms with Gasteiger partial charge in [-0.1, -0.05) is 18.2 Å². The number of ether oxygens (including phenoxy) is 1. The normalized spacial score (nSPS) is 11.4. The lowest BCUT2D eigenvalue weighted by Crippen LogP contribution is -2.24. The topological polar surface area (TPSA) is 57.9 Å². The largest absolute Gasteiger partial charge is 0.491 e.